The molecule has 21 heavy (non-hydrogen) atoms. The van der Waals surface area contributed by atoms with Gasteiger partial charge in [0.1, 0.15) is 17.0 Å². The maximum Gasteiger partial charge on any atom is 0.148 e. The molecule has 1 heterocycles. The lowest BCUT2D eigenvalue weighted by Crippen LogP contribution is -1.96. The quantitative estimate of drug-likeness (QED) is 0.542. The molecule has 3 nitrogen and oxygen atoms in total. The number of fused-ring (bicyclic) bond motifs is 1. The van der Waals surface area contributed by atoms with E-state index in [-0.39, 0.29) is 16.5 Å². The number of rotatable bonds is 1. The van der Waals surface area contributed by atoms with Gasteiger partial charge in [0, 0.05) is 16.6 Å². The van der Waals surface area contributed by atoms with Gasteiger partial charge in [0.2, 0.25) is 0 Å². The zero-order valence-electron chi connectivity index (χ0n) is 10.8. The highest BCUT2D eigenvalue weighted by Crippen LogP contribution is 2.37. The van der Waals surface area contributed by atoms with Crippen molar-refractivity contribution in [1.29, 1.82) is 5.26 Å². The Morgan fingerprint density at radius 3 is 2.52 bits per heavy atom. The molecule has 0 saturated carbocycles. The van der Waals surface area contributed by atoms with Crippen molar-refractivity contribution in [3.63, 3.8) is 0 Å². The van der Waals surface area contributed by atoms with E-state index in [2.05, 4.69) is 11.1 Å². The summed E-state index contributed by atoms with van der Waals surface area (Å²) in [6, 6.07) is 13.2. The summed E-state index contributed by atoms with van der Waals surface area (Å²) in [6.07, 6.45) is 0. The van der Waals surface area contributed by atoms with E-state index in [0.29, 0.717) is 27.7 Å². The minimum atomic E-state index is -0.352. The van der Waals surface area contributed by atoms with Gasteiger partial charge in [-0.05, 0) is 29.8 Å². The van der Waals surface area contributed by atoms with Crippen molar-refractivity contribution in [2.24, 2.45) is 0 Å². The molecule has 0 unspecified atom stereocenters. The van der Waals surface area contributed by atoms with Crippen LogP contribution >= 0.6 is 11.6 Å². The standard InChI is InChI=1S/C16H9ClFN3/c17-16-11(8-19)14(9-4-6-10(18)7-5-9)15-12(20)2-1-3-13(15)21-16/h1-7H,20H2. The van der Waals surface area contributed by atoms with Gasteiger partial charge in [-0.1, -0.05) is 29.8 Å². The van der Waals surface area contributed by atoms with Crippen LogP contribution in [0.3, 0.4) is 0 Å². The molecule has 0 radical (unpaired) electrons. The van der Waals surface area contributed by atoms with Crippen LogP contribution in [-0.2, 0) is 0 Å². The molecule has 3 aromatic rings. The minimum absolute atomic E-state index is 0.106. The Kier molecular flexibility index (Phi) is 3.20. The van der Waals surface area contributed by atoms with Gasteiger partial charge in [0.05, 0.1) is 11.1 Å². The van der Waals surface area contributed by atoms with Crippen LogP contribution in [0.25, 0.3) is 22.0 Å². The molecule has 0 aliphatic rings. The fourth-order valence-corrected chi connectivity index (χ4v) is 2.55. The van der Waals surface area contributed by atoms with Gasteiger partial charge >= 0.3 is 0 Å². The molecule has 2 N–H and O–H groups in total. The summed E-state index contributed by atoms with van der Waals surface area (Å²) in [6.45, 7) is 0. The molecule has 0 bridgehead atoms. The van der Waals surface area contributed by atoms with Crippen LogP contribution in [0.5, 0.6) is 0 Å². The van der Waals surface area contributed by atoms with Gasteiger partial charge in [-0.25, -0.2) is 9.37 Å². The highest BCUT2D eigenvalue weighted by atomic mass is 35.5. The van der Waals surface area contributed by atoms with Crippen molar-refractivity contribution in [1.82, 2.24) is 4.98 Å². The van der Waals surface area contributed by atoms with Crippen molar-refractivity contribution in [2.75, 3.05) is 5.73 Å². The summed E-state index contributed by atoms with van der Waals surface area (Å²) in [5.74, 6) is -0.352. The van der Waals surface area contributed by atoms with E-state index in [9.17, 15) is 9.65 Å². The third-order valence-corrected chi connectivity index (χ3v) is 3.52. The summed E-state index contributed by atoms with van der Waals surface area (Å²) < 4.78 is 13.1. The van der Waals surface area contributed by atoms with Gasteiger partial charge in [0.15, 0.2) is 0 Å². The molecule has 1 aromatic heterocycles. The molecule has 0 fully saturated rings. The number of nitrogens with zero attached hydrogens (tertiary/aromatic N) is 2. The molecular weight excluding hydrogens is 289 g/mol. The molecule has 0 saturated heterocycles. The number of aromatic nitrogens is 1. The van der Waals surface area contributed by atoms with Crippen LogP contribution in [0.4, 0.5) is 10.1 Å². The number of nitriles is 1. The van der Waals surface area contributed by atoms with Crippen molar-refractivity contribution in [2.45, 2.75) is 0 Å². The van der Waals surface area contributed by atoms with E-state index in [0.717, 1.165) is 0 Å². The molecule has 2 aromatic carbocycles. The average Bonchev–Trinajstić information content (AvgIpc) is 2.47. The van der Waals surface area contributed by atoms with Crippen LogP contribution in [0.2, 0.25) is 5.15 Å². The summed E-state index contributed by atoms with van der Waals surface area (Å²) in [5, 5.41) is 10.1. The maximum absolute atomic E-state index is 13.1. The van der Waals surface area contributed by atoms with Crippen molar-refractivity contribution in [3.05, 3.63) is 59.0 Å². The lowest BCUT2D eigenvalue weighted by Gasteiger charge is -2.12. The number of halogens is 2. The minimum Gasteiger partial charge on any atom is -0.398 e. The molecule has 0 atom stereocenters. The second kappa shape index (κ2) is 5.04. The Balaban J connectivity index is 2.49. The SMILES string of the molecule is N#Cc1c(Cl)nc2cccc(N)c2c1-c1ccc(F)cc1. The average molecular weight is 298 g/mol. The highest BCUT2D eigenvalue weighted by molar-refractivity contribution is 6.32. The number of nitrogens with two attached hydrogens (primary N) is 1. The first-order chi connectivity index (χ1) is 10.1. The Hall–Kier alpha value is -2.64. The molecule has 102 valence electrons. The largest absolute Gasteiger partial charge is 0.398 e. The van der Waals surface area contributed by atoms with Crippen LogP contribution in [0, 0.1) is 17.1 Å². The second-order valence-electron chi connectivity index (χ2n) is 4.51. The van der Waals surface area contributed by atoms with Gasteiger partial charge in [0.25, 0.3) is 0 Å². The number of pyridine rings is 1. The fourth-order valence-electron chi connectivity index (χ4n) is 2.32. The monoisotopic (exact) mass is 297 g/mol. The Morgan fingerprint density at radius 2 is 1.86 bits per heavy atom. The molecular formula is C16H9ClFN3. The van der Waals surface area contributed by atoms with Crippen LogP contribution in [0.15, 0.2) is 42.5 Å². The van der Waals surface area contributed by atoms with Gasteiger partial charge < -0.3 is 5.73 Å². The first-order valence-corrected chi connectivity index (χ1v) is 6.53. The smallest absolute Gasteiger partial charge is 0.148 e. The Labute approximate surface area is 125 Å². The number of benzene rings is 2. The summed E-state index contributed by atoms with van der Waals surface area (Å²) in [4.78, 5) is 4.20. The zero-order chi connectivity index (χ0) is 15.0. The predicted molar refractivity (Wildman–Crippen MR) is 81.3 cm³/mol. The van der Waals surface area contributed by atoms with Gasteiger partial charge in [-0.3, -0.25) is 0 Å². The molecule has 0 spiro atoms. The molecule has 0 aliphatic carbocycles. The Morgan fingerprint density at radius 1 is 1.14 bits per heavy atom. The molecule has 3 rings (SSSR count). The topological polar surface area (TPSA) is 62.7 Å². The zero-order valence-corrected chi connectivity index (χ0v) is 11.5. The van der Waals surface area contributed by atoms with E-state index >= 15 is 0 Å². The highest BCUT2D eigenvalue weighted by Gasteiger charge is 2.17. The molecule has 0 aliphatic heterocycles. The summed E-state index contributed by atoms with van der Waals surface area (Å²) in [7, 11) is 0. The number of hydrogen-bond donors (Lipinski definition) is 1. The van der Waals surface area contributed by atoms with Crippen molar-refractivity contribution in [3.8, 4) is 17.2 Å². The number of anilines is 1. The predicted octanol–water partition coefficient (Wildman–Crippen LogP) is 4.15. The maximum atomic E-state index is 13.1. The van der Waals surface area contributed by atoms with Crippen LogP contribution < -0.4 is 5.73 Å². The first-order valence-electron chi connectivity index (χ1n) is 6.15. The lowest BCUT2D eigenvalue weighted by atomic mass is 9.96. The van der Waals surface area contributed by atoms with Gasteiger partial charge in [-0.2, -0.15) is 5.26 Å². The van der Waals surface area contributed by atoms with E-state index in [1.165, 1.54) is 12.1 Å². The van der Waals surface area contributed by atoms with Crippen molar-refractivity contribution < 1.29 is 4.39 Å². The first kappa shape index (κ1) is 13.3. The van der Waals surface area contributed by atoms with Crippen molar-refractivity contribution >= 4 is 28.2 Å². The molecule has 0 amide bonds. The van der Waals surface area contributed by atoms with Gasteiger partial charge in [-0.15, -0.1) is 0 Å². The van der Waals surface area contributed by atoms with Crippen LogP contribution in [-0.4, -0.2) is 4.98 Å². The number of nitrogen functional groups attached to an aromatic ring is 1. The van der Waals surface area contributed by atoms with E-state index in [1.807, 2.05) is 0 Å². The van der Waals surface area contributed by atoms with Crippen LogP contribution in [0.1, 0.15) is 5.56 Å². The Bertz CT molecular complexity index is 883. The van der Waals surface area contributed by atoms with E-state index in [4.69, 9.17) is 17.3 Å². The summed E-state index contributed by atoms with van der Waals surface area (Å²) in [5.41, 5.74) is 8.59. The third kappa shape index (κ3) is 2.18. The van der Waals surface area contributed by atoms with E-state index < -0.39 is 0 Å². The normalized spacial score (nSPS) is 10.5. The van der Waals surface area contributed by atoms with E-state index in [1.54, 1.807) is 30.3 Å². The lowest BCUT2D eigenvalue weighted by molar-refractivity contribution is 0.628. The fraction of sp³-hybridized carbons (Fsp3) is 0. The summed E-state index contributed by atoms with van der Waals surface area (Å²) >= 11 is 6.09. The third-order valence-electron chi connectivity index (χ3n) is 3.24. The number of hydrogen-bond acceptors (Lipinski definition) is 3. The second-order valence-corrected chi connectivity index (χ2v) is 4.87. The molecule has 5 heteroatoms.